The van der Waals surface area contributed by atoms with Crippen LogP contribution in [0.3, 0.4) is 0 Å². The molecule has 2 heterocycles. The van der Waals surface area contributed by atoms with Crippen molar-refractivity contribution in [1.82, 2.24) is 14.7 Å². The first-order valence-corrected chi connectivity index (χ1v) is 9.57. The Hall–Kier alpha value is -3.82. The molecule has 30 heavy (non-hydrogen) atoms. The number of amides is 1. The van der Waals surface area contributed by atoms with Crippen molar-refractivity contribution in [2.75, 3.05) is 7.05 Å². The number of benzene rings is 2. The van der Waals surface area contributed by atoms with Gasteiger partial charge in [-0.15, -0.1) is 0 Å². The number of furan rings is 1. The van der Waals surface area contributed by atoms with Gasteiger partial charge in [0.2, 0.25) is 0 Å². The maximum absolute atomic E-state index is 13.1. The van der Waals surface area contributed by atoms with Gasteiger partial charge >= 0.3 is 0 Å². The minimum atomic E-state index is -0.238. The van der Waals surface area contributed by atoms with Crippen molar-refractivity contribution in [2.45, 2.75) is 6.54 Å². The number of rotatable bonds is 5. The molecule has 0 bridgehead atoms. The predicted molar refractivity (Wildman–Crippen MR) is 113 cm³/mol. The van der Waals surface area contributed by atoms with Gasteiger partial charge in [-0.3, -0.25) is 4.79 Å². The predicted octanol–water partition coefficient (Wildman–Crippen LogP) is 4.93. The van der Waals surface area contributed by atoms with Crippen LogP contribution in [0.5, 0.6) is 0 Å². The van der Waals surface area contributed by atoms with Gasteiger partial charge in [0.1, 0.15) is 5.69 Å². The molecule has 2 aromatic carbocycles. The van der Waals surface area contributed by atoms with E-state index >= 15 is 0 Å². The molecule has 0 N–H and O–H groups in total. The molecule has 4 aromatic rings. The van der Waals surface area contributed by atoms with Crippen LogP contribution in [0.1, 0.15) is 21.6 Å². The van der Waals surface area contributed by atoms with Crippen LogP contribution < -0.4 is 0 Å². The van der Waals surface area contributed by atoms with Crippen molar-refractivity contribution < 1.29 is 9.21 Å². The lowest BCUT2D eigenvalue weighted by Gasteiger charge is -2.16. The Morgan fingerprint density at radius 1 is 1.17 bits per heavy atom. The van der Waals surface area contributed by atoms with Gasteiger partial charge < -0.3 is 9.32 Å². The Balaban J connectivity index is 1.66. The minimum absolute atomic E-state index is 0.238. The molecule has 4 rings (SSSR count). The van der Waals surface area contributed by atoms with E-state index in [2.05, 4.69) is 11.2 Å². The Bertz CT molecular complexity index is 1220. The summed E-state index contributed by atoms with van der Waals surface area (Å²) in [6.07, 6.45) is 1.57. The van der Waals surface area contributed by atoms with Crippen LogP contribution in [0.25, 0.3) is 17.1 Å². The van der Waals surface area contributed by atoms with Crippen LogP contribution in [0.4, 0.5) is 0 Å². The molecular weight excluding hydrogens is 400 g/mol. The van der Waals surface area contributed by atoms with Gasteiger partial charge in [0.05, 0.1) is 23.6 Å². The van der Waals surface area contributed by atoms with Crippen molar-refractivity contribution in [3.8, 4) is 23.2 Å². The number of hydrogen-bond acceptors (Lipinski definition) is 4. The summed E-state index contributed by atoms with van der Waals surface area (Å²) in [5.74, 6) is 0.360. The third-order valence-corrected chi connectivity index (χ3v) is 4.85. The van der Waals surface area contributed by atoms with E-state index in [1.807, 2.05) is 24.3 Å². The summed E-state index contributed by atoms with van der Waals surface area (Å²) >= 11 is 6.01. The molecule has 7 heteroatoms. The van der Waals surface area contributed by atoms with Crippen LogP contribution in [0, 0.1) is 11.3 Å². The lowest BCUT2D eigenvalue weighted by atomic mass is 10.1. The second-order valence-electron chi connectivity index (χ2n) is 6.75. The van der Waals surface area contributed by atoms with E-state index in [0.717, 1.165) is 11.3 Å². The first-order chi connectivity index (χ1) is 14.5. The second kappa shape index (κ2) is 8.27. The van der Waals surface area contributed by atoms with Gasteiger partial charge in [-0.25, -0.2) is 4.68 Å². The lowest BCUT2D eigenvalue weighted by molar-refractivity contribution is 0.0779. The third-order valence-electron chi connectivity index (χ3n) is 4.60. The summed E-state index contributed by atoms with van der Waals surface area (Å²) in [5, 5.41) is 14.2. The molecular formula is C23H17ClN4O2. The third kappa shape index (κ3) is 3.97. The van der Waals surface area contributed by atoms with Gasteiger partial charge in [0.15, 0.2) is 11.5 Å². The summed E-state index contributed by atoms with van der Waals surface area (Å²) in [5.41, 5.74) is 3.13. The Labute approximate surface area is 178 Å². The highest BCUT2D eigenvalue weighted by atomic mass is 35.5. The van der Waals surface area contributed by atoms with Crippen LogP contribution in [0.15, 0.2) is 77.4 Å². The summed E-state index contributed by atoms with van der Waals surface area (Å²) in [4.78, 5) is 14.6. The fourth-order valence-corrected chi connectivity index (χ4v) is 3.27. The highest BCUT2D eigenvalue weighted by Gasteiger charge is 2.21. The second-order valence-corrected chi connectivity index (χ2v) is 7.19. The zero-order chi connectivity index (χ0) is 21.1. The molecule has 0 aliphatic carbocycles. The monoisotopic (exact) mass is 416 g/mol. The first kappa shape index (κ1) is 19.5. The molecule has 0 aliphatic heterocycles. The van der Waals surface area contributed by atoms with Gasteiger partial charge in [0, 0.05) is 24.7 Å². The molecule has 0 fully saturated rings. The number of nitriles is 1. The quantitative estimate of drug-likeness (QED) is 0.462. The summed E-state index contributed by atoms with van der Waals surface area (Å²) < 4.78 is 7.20. The highest BCUT2D eigenvalue weighted by Crippen LogP contribution is 2.26. The standard InChI is InChI=1S/C23H17ClN4O2/c1-27(15-17-5-2-4-16(12-17)14-25)23(29)20-13-21(22-6-3-11-30-22)28(26-20)19-9-7-18(24)8-10-19/h2-13H,15H2,1H3. The molecule has 0 atom stereocenters. The Kier molecular flexibility index (Phi) is 5.38. The molecule has 0 saturated heterocycles. The highest BCUT2D eigenvalue weighted by molar-refractivity contribution is 6.30. The zero-order valence-electron chi connectivity index (χ0n) is 16.1. The van der Waals surface area contributed by atoms with Crippen molar-refractivity contribution in [3.05, 3.63) is 94.8 Å². The van der Waals surface area contributed by atoms with Gasteiger partial charge in [-0.05, 0) is 54.1 Å². The normalized spacial score (nSPS) is 10.6. The fraction of sp³-hybridized carbons (Fsp3) is 0.0870. The maximum Gasteiger partial charge on any atom is 0.274 e. The van der Waals surface area contributed by atoms with E-state index in [4.69, 9.17) is 21.3 Å². The van der Waals surface area contributed by atoms with Crippen LogP contribution >= 0.6 is 11.6 Å². The number of hydrogen-bond donors (Lipinski definition) is 0. The molecule has 0 spiro atoms. The largest absolute Gasteiger partial charge is 0.463 e. The van der Waals surface area contributed by atoms with Crippen molar-refractivity contribution >= 4 is 17.5 Å². The zero-order valence-corrected chi connectivity index (χ0v) is 16.9. The molecule has 148 valence electrons. The van der Waals surface area contributed by atoms with Gasteiger partial charge in [0.25, 0.3) is 5.91 Å². The van der Waals surface area contributed by atoms with E-state index in [1.165, 1.54) is 0 Å². The molecule has 6 nitrogen and oxygen atoms in total. The summed E-state index contributed by atoms with van der Waals surface area (Å²) in [7, 11) is 1.70. The number of nitrogens with zero attached hydrogens (tertiary/aromatic N) is 4. The van der Waals surface area contributed by atoms with Crippen LogP contribution in [-0.4, -0.2) is 27.6 Å². The number of aromatic nitrogens is 2. The number of carbonyl (C=O) groups excluding carboxylic acids is 1. The van der Waals surface area contributed by atoms with E-state index in [9.17, 15) is 4.79 Å². The van der Waals surface area contributed by atoms with Gasteiger partial charge in [-0.2, -0.15) is 10.4 Å². The average molecular weight is 417 g/mol. The first-order valence-electron chi connectivity index (χ1n) is 9.19. The molecule has 2 aromatic heterocycles. The number of carbonyl (C=O) groups is 1. The smallest absolute Gasteiger partial charge is 0.274 e. The fourth-order valence-electron chi connectivity index (χ4n) is 3.14. The van der Waals surface area contributed by atoms with Crippen molar-refractivity contribution in [2.24, 2.45) is 0 Å². The number of halogens is 1. The molecule has 0 aliphatic rings. The van der Waals surface area contributed by atoms with Crippen LogP contribution in [0.2, 0.25) is 5.02 Å². The molecule has 0 unspecified atom stereocenters. The topological polar surface area (TPSA) is 75.1 Å². The maximum atomic E-state index is 13.1. The molecule has 0 radical (unpaired) electrons. The SMILES string of the molecule is CN(Cc1cccc(C#N)c1)C(=O)c1cc(-c2ccco2)n(-c2ccc(Cl)cc2)n1. The Morgan fingerprint density at radius 2 is 1.97 bits per heavy atom. The van der Waals surface area contributed by atoms with E-state index in [-0.39, 0.29) is 11.6 Å². The average Bonchev–Trinajstić information content (AvgIpc) is 3.44. The summed E-state index contributed by atoms with van der Waals surface area (Å²) in [6, 6.07) is 21.8. The van der Waals surface area contributed by atoms with Crippen molar-refractivity contribution in [3.63, 3.8) is 0 Å². The van der Waals surface area contributed by atoms with Gasteiger partial charge in [-0.1, -0.05) is 23.7 Å². The molecule has 1 amide bonds. The van der Waals surface area contributed by atoms with Crippen LogP contribution in [-0.2, 0) is 6.54 Å². The van der Waals surface area contributed by atoms with Crippen molar-refractivity contribution in [1.29, 1.82) is 5.26 Å². The minimum Gasteiger partial charge on any atom is -0.463 e. The van der Waals surface area contributed by atoms with E-state index < -0.39 is 0 Å². The van der Waals surface area contributed by atoms with E-state index in [0.29, 0.717) is 28.6 Å². The molecule has 0 saturated carbocycles. The van der Waals surface area contributed by atoms with E-state index in [1.54, 1.807) is 65.4 Å². The Morgan fingerprint density at radius 3 is 2.67 bits per heavy atom. The summed E-state index contributed by atoms with van der Waals surface area (Å²) in [6.45, 7) is 0.359. The lowest BCUT2D eigenvalue weighted by Crippen LogP contribution is -2.26.